The van der Waals surface area contributed by atoms with Crippen LogP contribution in [0.5, 0.6) is 0 Å². The van der Waals surface area contributed by atoms with Gasteiger partial charge in [0, 0.05) is 13.0 Å². The van der Waals surface area contributed by atoms with Crippen LogP contribution < -0.4 is 10.6 Å². The van der Waals surface area contributed by atoms with Crippen molar-refractivity contribution in [2.45, 2.75) is 32.7 Å². The maximum absolute atomic E-state index is 14.1. The summed E-state index contributed by atoms with van der Waals surface area (Å²) in [5, 5.41) is 5.82. The Hall–Kier alpha value is -1.42. The van der Waals surface area contributed by atoms with E-state index in [0.29, 0.717) is 25.1 Å². The average Bonchev–Trinajstić information content (AvgIpc) is 2.33. The van der Waals surface area contributed by atoms with Crippen LogP contribution in [0.25, 0.3) is 0 Å². The molecule has 0 unspecified atom stereocenters. The Labute approximate surface area is 100 Å². The molecule has 0 aliphatic carbocycles. The summed E-state index contributed by atoms with van der Waals surface area (Å²) in [5.41, 5.74) is 2.03. The molecule has 0 spiro atoms. The highest BCUT2D eigenvalue weighted by molar-refractivity contribution is 5.90. The van der Waals surface area contributed by atoms with E-state index in [9.17, 15) is 9.18 Å². The van der Waals surface area contributed by atoms with Gasteiger partial charge in [-0.25, -0.2) is 4.39 Å². The quantitative estimate of drug-likeness (QED) is 0.844. The minimum absolute atomic E-state index is 0.125. The number of halogens is 1. The molecule has 1 aliphatic rings. The molecular formula is C13H17FN2O. The molecule has 1 aromatic carbocycles. The van der Waals surface area contributed by atoms with Gasteiger partial charge in [0.1, 0.15) is 5.82 Å². The number of anilines is 1. The van der Waals surface area contributed by atoms with Crippen LogP contribution in [0.15, 0.2) is 12.1 Å². The molecule has 1 aliphatic heterocycles. The van der Waals surface area contributed by atoms with E-state index in [1.54, 1.807) is 6.07 Å². The number of carbonyl (C=O) groups is 1. The fourth-order valence-electron chi connectivity index (χ4n) is 2.07. The second-order valence-electron chi connectivity index (χ2n) is 4.29. The first-order chi connectivity index (χ1) is 8.22. The van der Waals surface area contributed by atoms with Gasteiger partial charge in [0.25, 0.3) is 0 Å². The lowest BCUT2D eigenvalue weighted by molar-refractivity contribution is -0.116. The molecule has 0 atom stereocenters. The zero-order valence-electron chi connectivity index (χ0n) is 9.98. The van der Waals surface area contributed by atoms with E-state index in [-0.39, 0.29) is 11.7 Å². The number of amides is 1. The molecule has 1 aromatic rings. The summed E-state index contributed by atoms with van der Waals surface area (Å²) in [5.74, 6) is -0.395. The predicted octanol–water partition coefficient (Wildman–Crippen LogP) is 2.21. The molecule has 4 heteroatoms. The van der Waals surface area contributed by atoms with Crippen LogP contribution in [-0.4, -0.2) is 12.5 Å². The van der Waals surface area contributed by atoms with Crippen LogP contribution in [0.3, 0.4) is 0 Å². The third-order valence-electron chi connectivity index (χ3n) is 2.96. The molecule has 0 fully saturated rings. The lowest BCUT2D eigenvalue weighted by Crippen LogP contribution is -2.25. The highest BCUT2D eigenvalue weighted by Crippen LogP contribution is 2.24. The molecule has 3 nitrogen and oxygen atoms in total. The van der Waals surface area contributed by atoms with Crippen molar-refractivity contribution in [2.75, 3.05) is 11.9 Å². The summed E-state index contributed by atoms with van der Waals surface area (Å²) in [6.07, 6.45) is 1.87. The minimum Gasteiger partial charge on any atom is -0.324 e. The average molecular weight is 236 g/mol. The van der Waals surface area contributed by atoms with E-state index in [1.807, 2.05) is 13.0 Å². The maximum Gasteiger partial charge on any atom is 0.224 e. The number of nitrogens with one attached hydrogen (secondary N) is 2. The summed E-state index contributed by atoms with van der Waals surface area (Å²) in [4.78, 5) is 11.4. The van der Waals surface area contributed by atoms with Gasteiger partial charge in [0.2, 0.25) is 5.91 Å². The van der Waals surface area contributed by atoms with E-state index in [2.05, 4.69) is 10.6 Å². The molecule has 92 valence electrons. The third-order valence-corrected chi connectivity index (χ3v) is 2.96. The highest BCUT2D eigenvalue weighted by Gasteiger charge is 2.17. The zero-order valence-corrected chi connectivity index (χ0v) is 9.98. The number of hydrogen-bond donors (Lipinski definition) is 2. The van der Waals surface area contributed by atoms with E-state index < -0.39 is 0 Å². The predicted molar refractivity (Wildman–Crippen MR) is 65.3 cm³/mol. The van der Waals surface area contributed by atoms with Crippen molar-refractivity contribution in [1.82, 2.24) is 5.32 Å². The van der Waals surface area contributed by atoms with Gasteiger partial charge < -0.3 is 10.6 Å². The monoisotopic (exact) mass is 236 g/mol. The summed E-state index contributed by atoms with van der Waals surface area (Å²) in [6, 6.07) is 3.53. The number of rotatable bonds is 3. The summed E-state index contributed by atoms with van der Waals surface area (Å²) < 4.78 is 14.1. The molecular weight excluding hydrogens is 219 g/mol. The van der Waals surface area contributed by atoms with Crippen LogP contribution in [-0.2, 0) is 17.8 Å². The molecule has 1 heterocycles. The summed E-state index contributed by atoms with van der Waals surface area (Å²) in [7, 11) is 0. The topological polar surface area (TPSA) is 41.1 Å². The van der Waals surface area contributed by atoms with Crippen LogP contribution in [0.2, 0.25) is 0 Å². The smallest absolute Gasteiger partial charge is 0.224 e. The van der Waals surface area contributed by atoms with Crippen molar-refractivity contribution in [2.24, 2.45) is 0 Å². The fraction of sp³-hybridized carbons (Fsp3) is 0.462. The number of carbonyl (C=O) groups excluding carboxylic acids is 1. The second kappa shape index (κ2) is 5.27. The summed E-state index contributed by atoms with van der Waals surface area (Å²) in [6.45, 7) is 3.42. The number of benzene rings is 1. The van der Waals surface area contributed by atoms with Gasteiger partial charge in [-0.3, -0.25) is 4.79 Å². The molecule has 1 amide bonds. The Bertz CT molecular complexity index is 432. The molecule has 0 saturated heterocycles. The van der Waals surface area contributed by atoms with Gasteiger partial charge in [0.15, 0.2) is 0 Å². The molecule has 0 aromatic heterocycles. The summed E-state index contributed by atoms with van der Waals surface area (Å²) >= 11 is 0. The van der Waals surface area contributed by atoms with Crippen LogP contribution >= 0.6 is 0 Å². The van der Waals surface area contributed by atoms with Gasteiger partial charge >= 0.3 is 0 Å². The Morgan fingerprint density at radius 2 is 2.35 bits per heavy atom. The van der Waals surface area contributed by atoms with Crippen molar-refractivity contribution < 1.29 is 9.18 Å². The van der Waals surface area contributed by atoms with E-state index in [1.165, 1.54) is 0 Å². The number of fused-ring (bicyclic) bond motifs is 1. The third kappa shape index (κ3) is 2.64. The zero-order chi connectivity index (χ0) is 12.3. The van der Waals surface area contributed by atoms with Crippen molar-refractivity contribution in [3.05, 3.63) is 29.1 Å². The van der Waals surface area contributed by atoms with Crippen LogP contribution in [0.4, 0.5) is 10.1 Å². The maximum atomic E-state index is 14.1. The minimum atomic E-state index is -0.270. The first kappa shape index (κ1) is 12.0. The Balaban J connectivity index is 2.21. The molecule has 2 N–H and O–H groups in total. The lowest BCUT2D eigenvalue weighted by Gasteiger charge is -2.19. The number of hydrogen-bond acceptors (Lipinski definition) is 2. The first-order valence-corrected chi connectivity index (χ1v) is 6.03. The van der Waals surface area contributed by atoms with Gasteiger partial charge in [0.05, 0.1) is 5.69 Å². The van der Waals surface area contributed by atoms with Crippen LogP contribution in [0, 0.1) is 5.82 Å². The molecule has 2 rings (SSSR count). The van der Waals surface area contributed by atoms with E-state index in [4.69, 9.17) is 0 Å². The van der Waals surface area contributed by atoms with Crippen molar-refractivity contribution in [3.63, 3.8) is 0 Å². The molecule has 0 bridgehead atoms. The standard InChI is InChI=1S/C13H17FN2O/c1-2-3-12(17)16-11-5-4-9-8-15-7-6-10(9)13(11)14/h4-5,15H,2-3,6-8H2,1H3,(H,16,17). The van der Waals surface area contributed by atoms with Crippen molar-refractivity contribution >= 4 is 11.6 Å². The normalized spacial score (nSPS) is 14.2. The largest absolute Gasteiger partial charge is 0.324 e. The van der Waals surface area contributed by atoms with Crippen molar-refractivity contribution in [1.29, 1.82) is 0 Å². The Kier molecular flexibility index (Phi) is 3.74. The Morgan fingerprint density at radius 3 is 3.12 bits per heavy atom. The Morgan fingerprint density at radius 1 is 1.53 bits per heavy atom. The highest BCUT2D eigenvalue weighted by atomic mass is 19.1. The van der Waals surface area contributed by atoms with Crippen LogP contribution in [0.1, 0.15) is 30.9 Å². The fourth-order valence-corrected chi connectivity index (χ4v) is 2.07. The van der Waals surface area contributed by atoms with Gasteiger partial charge in [-0.05, 0) is 36.6 Å². The van der Waals surface area contributed by atoms with Crippen molar-refractivity contribution in [3.8, 4) is 0 Å². The van der Waals surface area contributed by atoms with Gasteiger partial charge in [-0.15, -0.1) is 0 Å². The van der Waals surface area contributed by atoms with E-state index in [0.717, 1.165) is 24.1 Å². The molecule has 0 radical (unpaired) electrons. The molecule has 17 heavy (non-hydrogen) atoms. The second-order valence-corrected chi connectivity index (χ2v) is 4.29. The lowest BCUT2D eigenvalue weighted by atomic mass is 9.99. The SMILES string of the molecule is CCCC(=O)Nc1ccc2c(c1F)CCNC2. The first-order valence-electron chi connectivity index (χ1n) is 6.03. The van der Waals surface area contributed by atoms with E-state index >= 15 is 0 Å². The van der Waals surface area contributed by atoms with Gasteiger partial charge in [-0.1, -0.05) is 13.0 Å². The molecule has 0 saturated carbocycles. The van der Waals surface area contributed by atoms with Gasteiger partial charge in [-0.2, -0.15) is 0 Å².